The van der Waals surface area contributed by atoms with E-state index in [1.54, 1.807) is 30.3 Å². The predicted molar refractivity (Wildman–Crippen MR) is 55.1 cm³/mol. The van der Waals surface area contributed by atoms with Crippen LogP contribution in [0.5, 0.6) is 5.75 Å². The standard InChI is InChI=1S/C11H7ClO3/c12-8-3-5-9(6-4-8)15-11(13)10-2-1-7-14-10/h1-7H. The molecule has 0 bridgehead atoms. The summed E-state index contributed by atoms with van der Waals surface area (Å²) in [6.07, 6.45) is 1.42. The van der Waals surface area contributed by atoms with Gasteiger partial charge in [-0.3, -0.25) is 0 Å². The highest BCUT2D eigenvalue weighted by molar-refractivity contribution is 6.30. The lowest BCUT2D eigenvalue weighted by atomic mass is 10.3. The third-order valence-corrected chi connectivity index (χ3v) is 2.00. The van der Waals surface area contributed by atoms with Crippen LogP contribution in [0.4, 0.5) is 0 Å². The maximum absolute atomic E-state index is 11.4. The van der Waals surface area contributed by atoms with Crippen LogP contribution in [-0.2, 0) is 0 Å². The zero-order valence-corrected chi connectivity index (χ0v) is 8.40. The second-order valence-corrected chi connectivity index (χ2v) is 3.26. The van der Waals surface area contributed by atoms with Gasteiger partial charge in [-0.25, -0.2) is 4.79 Å². The summed E-state index contributed by atoms with van der Waals surface area (Å²) in [7, 11) is 0. The molecule has 4 heteroatoms. The molecule has 1 aromatic heterocycles. The van der Waals surface area contributed by atoms with Gasteiger partial charge >= 0.3 is 5.97 Å². The second-order valence-electron chi connectivity index (χ2n) is 2.82. The van der Waals surface area contributed by atoms with Crippen LogP contribution in [0.15, 0.2) is 47.1 Å². The quantitative estimate of drug-likeness (QED) is 0.579. The molecule has 0 unspecified atom stereocenters. The van der Waals surface area contributed by atoms with Crippen LogP contribution in [0.1, 0.15) is 10.6 Å². The summed E-state index contributed by atoms with van der Waals surface area (Å²) >= 11 is 5.69. The first kappa shape index (κ1) is 9.80. The van der Waals surface area contributed by atoms with Crippen LogP contribution in [-0.4, -0.2) is 5.97 Å². The van der Waals surface area contributed by atoms with Crippen molar-refractivity contribution in [1.82, 2.24) is 0 Å². The Kier molecular flexibility index (Phi) is 2.74. The summed E-state index contributed by atoms with van der Waals surface area (Å²) in [5.74, 6) is 0.0769. The number of esters is 1. The molecule has 0 aliphatic heterocycles. The van der Waals surface area contributed by atoms with E-state index in [2.05, 4.69) is 0 Å². The average molecular weight is 223 g/mol. The van der Waals surface area contributed by atoms with Crippen molar-refractivity contribution in [3.8, 4) is 5.75 Å². The van der Waals surface area contributed by atoms with E-state index in [0.29, 0.717) is 10.8 Å². The molecule has 0 saturated carbocycles. The number of carbonyl (C=O) groups is 1. The van der Waals surface area contributed by atoms with Gasteiger partial charge in [0.1, 0.15) is 5.75 Å². The SMILES string of the molecule is O=C(Oc1ccc(Cl)cc1)c1ccco1. The summed E-state index contributed by atoms with van der Waals surface area (Å²) in [4.78, 5) is 11.4. The summed E-state index contributed by atoms with van der Waals surface area (Å²) in [6, 6.07) is 9.68. The third kappa shape index (κ3) is 2.39. The van der Waals surface area contributed by atoms with E-state index in [9.17, 15) is 4.79 Å². The second kappa shape index (κ2) is 4.19. The Morgan fingerprint density at radius 1 is 1.20 bits per heavy atom. The van der Waals surface area contributed by atoms with Gasteiger partial charge in [0.15, 0.2) is 0 Å². The van der Waals surface area contributed by atoms with Crippen molar-refractivity contribution in [3.05, 3.63) is 53.4 Å². The predicted octanol–water partition coefficient (Wildman–Crippen LogP) is 3.15. The summed E-state index contributed by atoms with van der Waals surface area (Å²) in [5.41, 5.74) is 0. The lowest BCUT2D eigenvalue weighted by Crippen LogP contribution is -2.06. The summed E-state index contributed by atoms with van der Waals surface area (Å²) in [6.45, 7) is 0. The molecule has 0 amide bonds. The molecule has 3 nitrogen and oxygen atoms in total. The average Bonchev–Trinajstić information content (AvgIpc) is 2.74. The Morgan fingerprint density at radius 2 is 1.93 bits per heavy atom. The van der Waals surface area contributed by atoms with Gasteiger partial charge in [0.2, 0.25) is 5.76 Å². The van der Waals surface area contributed by atoms with Crippen molar-refractivity contribution in [2.75, 3.05) is 0 Å². The van der Waals surface area contributed by atoms with Crippen LogP contribution >= 0.6 is 11.6 Å². The van der Waals surface area contributed by atoms with Gasteiger partial charge < -0.3 is 9.15 Å². The highest BCUT2D eigenvalue weighted by atomic mass is 35.5. The molecule has 15 heavy (non-hydrogen) atoms. The zero-order chi connectivity index (χ0) is 10.7. The molecule has 2 aromatic rings. The molecule has 0 saturated heterocycles. The minimum atomic E-state index is -0.526. The van der Waals surface area contributed by atoms with E-state index >= 15 is 0 Å². The van der Waals surface area contributed by atoms with E-state index in [4.69, 9.17) is 20.8 Å². The number of ether oxygens (including phenoxy) is 1. The van der Waals surface area contributed by atoms with Gasteiger partial charge in [-0.05, 0) is 36.4 Å². The van der Waals surface area contributed by atoms with Crippen LogP contribution in [0.2, 0.25) is 5.02 Å². The van der Waals surface area contributed by atoms with E-state index < -0.39 is 5.97 Å². The minimum absolute atomic E-state index is 0.171. The lowest BCUT2D eigenvalue weighted by molar-refractivity contribution is 0.0701. The molecule has 0 spiro atoms. The molecule has 2 rings (SSSR count). The maximum atomic E-state index is 11.4. The Morgan fingerprint density at radius 3 is 2.53 bits per heavy atom. The van der Waals surface area contributed by atoms with Crippen LogP contribution in [0.3, 0.4) is 0 Å². The number of benzene rings is 1. The van der Waals surface area contributed by atoms with Crippen LogP contribution in [0.25, 0.3) is 0 Å². The zero-order valence-electron chi connectivity index (χ0n) is 7.64. The van der Waals surface area contributed by atoms with Crippen molar-refractivity contribution >= 4 is 17.6 Å². The van der Waals surface area contributed by atoms with Gasteiger partial charge in [-0.2, -0.15) is 0 Å². The molecule has 0 fully saturated rings. The first-order valence-electron chi connectivity index (χ1n) is 4.27. The number of rotatable bonds is 2. The minimum Gasteiger partial charge on any atom is -0.457 e. The van der Waals surface area contributed by atoms with Crippen molar-refractivity contribution in [3.63, 3.8) is 0 Å². The van der Waals surface area contributed by atoms with Crippen molar-refractivity contribution < 1.29 is 13.9 Å². The van der Waals surface area contributed by atoms with Gasteiger partial charge in [0, 0.05) is 5.02 Å². The monoisotopic (exact) mass is 222 g/mol. The van der Waals surface area contributed by atoms with Crippen molar-refractivity contribution in [2.24, 2.45) is 0 Å². The van der Waals surface area contributed by atoms with Crippen molar-refractivity contribution in [1.29, 1.82) is 0 Å². The third-order valence-electron chi connectivity index (χ3n) is 1.75. The number of hydrogen-bond acceptors (Lipinski definition) is 3. The topological polar surface area (TPSA) is 39.4 Å². The fraction of sp³-hybridized carbons (Fsp3) is 0. The Bertz CT molecular complexity index is 445. The Labute approximate surface area is 91.2 Å². The number of furan rings is 1. The van der Waals surface area contributed by atoms with E-state index in [1.807, 2.05) is 0 Å². The van der Waals surface area contributed by atoms with Gasteiger partial charge in [0.25, 0.3) is 0 Å². The van der Waals surface area contributed by atoms with Crippen molar-refractivity contribution in [2.45, 2.75) is 0 Å². The molecule has 0 atom stereocenters. The molecule has 1 heterocycles. The Hall–Kier alpha value is -1.74. The van der Waals surface area contributed by atoms with E-state index in [1.165, 1.54) is 12.3 Å². The molecule has 0 radical (unpaired) electrons. The maximum Gasteiger partial charge on any atom is 0.379 e. The number of carbonyl (C=O) groups excluding carboxylic acids is 1. The number of halogens is 1. The molecule has 0 aliphatic carbocycles. The molecular weight excluding hydrogens is 216 g/mol. The highest BCUT2D eigenvalue weighted by Crippen LogP contribution is 2.16. The van der Waals surface area contributed by atoms with Crippen LogP contribution in [0, 0.1) is 0 Å². The van der Waals surface area contributed by atoms with Gasteiger partial charge in [0.05, 0.1) is 6.26 Å². The van der Waals surface area contributed by atoms with Gasteiger partial charge in [-0.1, -0.05) is 11.6 Å². The van der Waals surface area contributed by atoms with Crippen LogP contribution < -0.4 is 4.74 Å². The lowest BCUT2D eigenvalue weighted by Gasteiger charge is -2.01. The normalized spacial score (nSPS) is 9.93. The molecule has 0 N–H and O–H groups in total. The smallest absolute Gasteiger partial charge is 0.379 e. The fourth-order valence-corrected chi connectivity index (χ4v) is 1.18. The first-order valence-corrected chi connectivity index (χ1v) is 4.65. The largest absolute Gasteiger partial charge is 0.457 e. The summed E-state index contributed by atoms with van der Waals surface area (Å²) in [5, 5.41) is 0.591. The Balaban J connectivity index is 2.09. The van der Waals surface area contributed by atoms with Gasteiger partial charge in [-0.15, -0.1) is 0 Å². The first-order chi connectivity index (χ1) is 7.25. The fourth-order valence-electron chi connectivity index (χ4n) is 1.05. The highest BCUT2D eigenvalue weighted by Gasteiger charge is 2.10. The summed E-state index contributed by atoms with van der Waals surface area (Å²) < 4.78 is 9.91. The van der Waals surface area contributed by atoms with E-state index in [-0.39, 0.29) is 5.76 Å². The molecular formula is C11H7ClO3. The van der Waals surface area contributed by atoms with E-state index in [0.717, 1.165) is 0 Å². The molecule has 0 aliphatic rings. The molecule has 1 aromatic carbocycles. The molecule has 76 valence electrons. The number of hydrogen-bond donors (Lipinski definition) is 0.